The SMILES string of the molecule is CCOC(=O)[C@@]12C[C@@H]1/C=C\CCCCN(C)C(=O)N1C[C@H](Oc3cc(-c4ccccc4)nc(OC)n3)C[C@H]1C(=O)N2. The molecule has 218 valence electrons. The third-order valence-electron chi connectivity index (χ3n) is 7.84. The molecule has 1 aromatic carbocycles. The molecule has 0 unspecified atom stereocenters. The molecule has 0 spiro atoms. The van der Waals surface area contributed by atoms with Crippen LogP contribution < -0.4 is 14.8 Å². The molecule has 5 rings (SSSR count). The zero-order chi connectivity index (χ0) is 29.0. The lowest BCUT2D eigenvalue weighted by Gasteiger charge is -2.30. The van der Waals surface area contributed by atoms with Crippen LogP contribution in [0, 0.1) is 5.92 Å². The van der Waals surface area contributed by atoms with Crippen LogP contribution in [0.2, 0.25) is 0 Å². The van der Waals surface area contributed by atoms with Crippen molar-refractivity contribution in [1.82, 2.24) is 25.1 Å². The van der Waals surface area contributed by atoms with Crippen LogP contribution in [0.3, 0.4) is 0 Å². The summed E-state index contributed by atoms with van der Waals surface area (Å²) < 4.78 is 16.9. The highest BCUT2D eigenvalue weighted by Crippen LogP contribution is 2.46. The average molecular weight is 564 g/mol. The number of amides is 3. The monoisotopic (exact) mass is 563 g/mol. The summed E-state index contributed by atoms with van der Waals surface area (Å²) in [6, 6.07) is 10.4. The van der Waals surface area contributed by atoms with E-state index in [1.54, 1.807) is 24.9 Å². The first-order valence-electron chi connectivity index (χ1n) is 14.2. The number of allylic oxidation sites excluding steroid dienone is 1. The van der Waals surface area contributed by atoms with Crippen LogP contribution in [-0.4, -0.2) is 89.2 Å². The van der Waals surface area contributed by atoms with Crippen LogP contribution in [0.25, 0.3) is 11.3 Å². The summed E-state index contributed by atoms with van der Waals surface area (Å²) in [5.74, 6) is -0.705. The van der Waals surface area contributed by atoms with Gasteiger partial charge in [0.15, 0.2) is 0 Å². The zero-order valence-electron chi connectivity index (χ0n) is 23.7. The fourth-order valence-corrected chi connectivity index (χ4v) is 5.53. The number of ether oxygens (including phenoxy) is 3. The summed E-state index contributed by atoms with van der Waals surface area (Å²) in [7, 11) is 3.22. The van der Waals surface area contributed by atoms with Crippen molar-refractivity contribution in [3.05, 3.63) is 48.6 Å². The quantitative estimate of drug-likeness (QED) is 0.420. The molecule has 11 heteroatoms. The van der Waals surface area contributed by atoms with Gasteiger partial charge in [0.1, 0.15) is 17.7 Å². The van der Waals surface area contributed by atoms with Gasteiger partial charge in [-0.1, -0.05) is 42.5 Å². The second-order valence-electron chi connectivity index (χ2n) is 10.7. The van der Waals surface area contributed by atoms with E-state index >= 15 is 0 Å². The standard InChI is InChI=1S/C30H37N5O6/c1-4-40-27(37)30-18-21(30)14-10-5-6-11-15-34(2)29(38)35-19-22(16-24(35)26(36)33-30)41-25-17-23(31-28(32-25)39-3)20-12-8-7-9-13-20/h7-10,12-14,17,21-22,24H,4-6,11,15-16,18-19H2,1-3H3,(H,33,36)/b14-10-/t21-,22+,24-,30+/m0/s1. The van der Waals surface area contributed by atoms with Crippen molar-refractivity contribution in [1.29, 1.82) is 0 Å². The highest BCUT2D eigenvalue weighted by molar-refractivity contribution is 5.95. The predicted octanol–water partition coefficient (Wildman–Crippen LogP) is 3.20. The van der Waals surface area contributed by atoms with Gasteiger partial charge in [0.05, 0.1) is 26.0 Å². The van der Waals surface area contributed by atoms with E-state index in [9.17, 15) is 14.4 Å². The molecule has 1 aliphatic carbocycles. The van der Waals surface area contributed by atoms with Gasteiger partial charge < -0.3 is 29.3 Å². The van der Waals surface area contributed by atoms with Crippen molar-refractivity contribution in [2.24, 2.45) is 5.92 Å². The molecule has 4 atom stereocenters. The number of esters is 1. The zero-order valence-corrected chi connectivity index (χ0v) is 23.7. The molecule has 2 fully saturated rings. The number of aromatic nitrogens is 2. The molecule has 11 nitrogen and oxygen atoms in total. The molecule has 0 bridgehead atoms. The molecule has 41 heavy (non-hydrogen) atoms. The third-order valence-corrected chi connectivity index (χ3v) is 7.84. The van der Waals surface area contributed by atoms with Crippen LogP contribution in [-0.2, 0) is 14.3 Å². The Kier molecular flexibility index (Phi) is 8.41. The van der Waals surface area contributed by atoms with E-state index in [4.69, 9.17) is 14.2 Å². The number of fused-ring (bicyclic) bond motifs is 2. The Bertz CT molecular complexity index is 1300. The van der Waals surface area contributed by atoms with Crippen molar-refractivity contribution >= 4 is 17.9 Å². The lowest BCUT2D eigenvalue weighted by Crippen LogP contribution is -2.55. The lowest BCUT2D eigenvalue weighted by molar-refractivity contribution is -0.149. The molecule has 2 aliphatic heterocycles. The highest BCUT2D eigenvalue weighted by Gasteiger charge is 2.62. The van der Waals surface area contributed by atoms with E-state index < -0.39 is 29.6 Å². The number of nitrogens with zero attached hydrogens (tertiary/aromatic N) is 4. The molecule has 3 aliphatic rings. The van der Waals surface area contributed by atoms with Crippen molar-refractivity contribution in [3.63, 3.8) is 0 Å². The largest absolute Gasteiger partial charge is 0.472 e. The second-order valence-corrected chi connectivity index (χ2v) is 10.7. The summed E-state index contributed by atoms with van der Waals surface area (Å²) in [4.78, 5) is 52.2. The number of benzene rings is 1. The molecule has 1 N–H and O–H groups in total. The van der Waals surface area contributed by atoms with Crippen LogP contribution in [0.4, 0.5) is 4.79 Å². The molecule has 3 amide bonds. The van der Waals surface area contributed by atoms with E-state index in [0.717, 1.165) is 24.8 Å². The average Bonchev–Trinajstić information content (AvgIpc) is 3.51. The van der Waals surface area contributed by atoms with Crippen molar-refractivity contribution < 1.29 is 28.6 Å². The van der Waals surface area contributed by atoms with Gasteiger partial charge in [0.2, 0.25) is 11.8 Å². The number of nitrogens with one attached hydrogen (secondary N) is 1. The number of carbonyl (C=O) groups excluding carboxylic acids is 3. The Morgan fingerprint density at radius 1 is 1.17 bits per heavy atom. The minimum atomic E-state index is -1.11. The van der Waals surface area contributed by atoms with E-state index in [2.05, 4.69) is 21.4 Å². The van der Waals surface area contributed by atoms with Gasteiger partial charge in [0, 0.05) is 37.6 Å². The van der Waals surface area contributed by atoms with Gasteiger partial charge in [-0.05, 0) is 32.6 Å². The molecule has 1 aromatic heterocycles. The molecule has 1 saturated carbocycles. The highest BCUT2D eigenvalue weighted by atomic mass is 16.5. The summed E-state index contributed by atoms with van der Waals surface area (Å²) >= 11 is 0. The minimum Gasteiger partial charge on any atom is -0.472 e. The first-order chi connectivity index (χ1) is 19.8. The van der Waals surface area contributed by atoms with Gasteiger partial charge in [-0.3, -0.25) is 4.79 Å². The number of hydrogen-bond acceptors (Lipinski definition) is 8. The fraction of sp³-hybridized carbons (Fsp3) is 0.500. The maximum atomic E-state index is 13.7. The maximum absolute atomic E-state index is 13.7. The Labute approximate surface area is 239 Å². The second kappa shape index (κ2) is 12.2. The van der Waals surface area contributed by atoms with Crippen LogP contribution in [0.5, 0.6) is 11.9 Å². The molecule has 3 heterocycles. The summed E-state index contributed by atoms with van der Waals surface area (Å²) in [5, 5.41) is 2.97. The number of rotatable bonds is 6. The fourth-order valence-electron chi connectivity index (χ4n) is 5.53. The van der Waals surface area contributed by atoms with E-state index in [0.29, 0.717) is 18.7 Å². The summed E-state index contributed by atoms with van der Waals surface area (Å²) in [6.07, 6.45) is 6.81. The van der Waals surface area contributed by atoms with Crippen LogP contribution >= 0.6 is 0 Å². The molecular formula is C30H37N5O6. The van der Waals surface area contributed by atoms with Crippen LogP contribution in [0.15, 0.2) is 48.6 Å². The minimum absolute atomic E-state index is 0.140. The predicted molar refractivity (Wildman–Crippen MR) is 150 cm³/mol. The Hall–Kier alpha value is -4.15. The van der Waals surface area contributed by atoms with E-state index in [1.807, 2.05) is 36.4 Å². The molecular weight excluding hydrogens is 526 g/mol. The summed E-state index contributed by atoms with van der Waals surface area (Å²) in [5.41, 5.74) is 0.384. The van der Waals surface area contributed by atoms with Gasteiger partial charge in [-0.2, -0.15) is 9.97 Å². The number of carbonyl (C=O) groups is 3. The Balaban J connectivity index is 1.40. The van der Waals surface area contributed by atoms with E-state index in [1.165, 1.54) is 12.0 Å². The van der Waals surface area contributed by atoms with Gasteiger partial charge >= 0.3 is 18.0 Å². The lowest BCUT2D eigenvalue weighted by atomic mass is 10.1. The van der Waals surface area contributed by atoms with Gasteiger partial charge in [-0.25, -0.2) is 9.59 Å². The third kappa shape index (κ3) is 6.13. The van der Waals surface area contributed by atoms with Crippen LogP contribution in [0.1, 0.15) is 39.0 Å². The first kappa shape index (κ1) is 28.4. The Morgan fingerprint density at radius 3 is 2.73 bits per heavy atom. The molecule has 0 radical (unpaired) electrons. The number of methoxy groups -OCH3 is 1. The Morgan fingerprint density at radius 2 is 1.98 bits per heavy atom. The van der Waals surface area contributed by atoms with Gasteiger partial charge in [-0.15, -0.1) is 0 Å². The van der Waals surface area contributed by atoms with Crippen molar-refractivity contribution in [3.8, 4) is 23.1 Å². The smallest absolute Gasteiger partial charge is 0.332 e. The van der Waals surface area contributed by atoms with Gasteiger partial charge in [0.25, 0.3) is 0 Å². The molecule has 1 saturated heterocycles. The summed E-state index contributed by atoms with van der Waals surface area (Å²) in [6.45, 7) is 2.72. The number of hydrogen-bond donors (Lipinski definition) is 1. The topological polar surface area (TPSA) is 123 Å². The number of urea groups is 1. The van der Waals surface area contributed by atoms with E-state index in [-0.39, 0.29) is 43.4 Å². The first-order valence-corrected chi connectivity index (χ1v) is 14.2. The van der Waals surface area contributed by atoms with Crippen molar-refractivity contribution in [2.45, 2.75) is 56.7 Å². The molecule has 2 aromatic rings. The normalized spacial score (nSPS) is 27.1. The van der Waals surface area contributed by atoms with Crippen molar-refractivity contribution in [2.75, 3.05) is 33.9 Å². The maximum Gasteiger partial charge on any atom is 0.332 e.